The number of nitrogens with one attached hydrogen (secondary N) is 1. The third-order valence-electron chi connectivity index (χ3n) is 3.16. The van der Waals surface area contributed by atoms with Crippen LogP contribution >= 0.6 is 0 Å². The number of amides is 2. The first-order valence-corrected chi connectivity index (χ1v) is 6.86. The van der Waals surface area contributed by atoms with Gasteiger partial charge >= 0.3 is 12.0 Å². The molecule has 2 N–H and O–H groups in total. The summed E-state index contributed by atoms with van der Waals surface area (Å²) in [5.41, 5.74) is 1.90. The highest BCUT2D eigenvalue weighted by Gasteiger charge is 2.09. The summed E-state index contributed by atoms with van der Waals surface area (Å²) in [5, 5.41) is 15.5. The smallest absolute Gasteiger partial charge is 0.317 e. The Bertz CT molecular complexity index is 623. The number of aliphatic carboxylic acids is 1. The number of carboxylic acids is 1. The van der Waals surface area contributed by atoms with Crippen molar-refractivity contribution in [1.29, 1.82) is 0 Å². The SMILES string of the molecule is CN(CCC(=O)O)C(=O)NCc1ccc(-n2cccn2)cc1. The van der Waals surface area contributed by atoms with Crippen molar-refractivity contribution < 1.29 is 14.7 Å². The molecular weight excluding hydrogens is 284 g/mol. The van der Waals surface area contributed by atoms with Crippen LogP contribution in [0.4, 0.5) is 4.79 Å². The van der Waals surface area contributed by atoms with E-state index in [0.29, 0.717) is 6.54 Å². The summed E-state index contributed by atoms with van der Waals surface area (Å²) >= 11 is 0. The molecule has 2 aromatic rings. The van der Waals surface area contributed by atoms with Crippen LogP contribution in [0.25, 0.3) is 5.69 Å². The fourth-order valence-electron chi connectivity index (χ4n) is 1.87. The zero-order chi connectivity index (χ0) is 15.9. The Hall–Kier alpha value is -2.83. The van der Waals surface area contributed by atoms with Crippen LogP contribution in [0.15, 0.2) is 42.7 Å². The van der Waals surface area contributed by atoms with E-state index >= 15 is 0 Å². The summed E-state index contributed by atoms with van der Waals surface area (Å²) in [5.74, 6) is -0.922. The number of carbonyl (C=O) groups excluding carboxylic acids is 1. The highest BCUT2D eigenvalue weighted by Crippen LogP contribution is 2.08. The minimum Gasteiger partial charge on any atom is -0.481 e. The molecule has 116 valence electrons. The molecule has 0 saturated heterocycles. The fourth-order valence-corrected chi connectivity index (χ4v) is 1.87. The van der Waals surface area contributed by atoms with Gasteiger partial charge in [0.2, 0.25) is 0 Å². The highest BCUT2D eigenvalue weighted by atomic mass is 16.4. The van der Waals surface area contributed by atoms with Crippen molar-refractivity contribution in [3.05, 3.63) is 48.3 Å². The molecule has 1 aromatic carbocycles. The molecule has 0 atom stereocenters. The molecule has 1 heterocycles. The largest absolute Gasteiger partial charge is 0.481 e. The minimum absolute atomic E-state index is 0.0670. The Labute approximate surface area is 128 Å². The molecule has 7 heteroatoms. The molecule has 1 aromatic heterocycles. The molecule has 0 aliphatic carbocycles. The Morgan fingerprint density at radius 1 is 1.32 bits per heavy atom. The Balaban J connectivity index is 1.84. The van der Waals surface area contributed by atoms with Crippen molar-refractivity contribution in [1.82, 2.24) is 20.0 Å². The van der Waals surface area contributed by atoms with Crippen LogP contribution in [0.3, 0.4) is 0 Å². The summed E-state index contributed by atoms with van der Waals surface area (Å²) in [7, 11) is 1.57. The van der Waals surface area contributed by atoms with E-state index in [9.17, 15) is 9.59 Å². The van der Waals surface area contributed by atoms with Crippen molar-refractivity contribution in [2.75, 3.05) is 13.6 Å². The molecule has 2 amide bonds. The second kappa shape index (κ2) is 7.26. The van der Waals surface area contributed by atoms with Crippen molar-refractivity contribution in [2.24, 2.45) is 0 Å². The van der Waals surface area contributed by atoms with Crippen LogP contribution in [0.5, 0.6) is 0 Å². The molecule has 0 aliphatic heterocycles. The average Bonchev–Trinajstić information content (AvgIpc) is 3.05. The summed E-state index contributed by atoms with van der Waals surface area (Å²) in [4.78, 5) is 23.6. The number of carboxylic acid groups (broad SMARTS) is 1. The van der Waals surface area contributed by atoms with E-state index in [0.717, 1.165) is 11.3 Å². The lowest BCUT2D eigenvalue weighted by Gasteiger charge is -2.17. The topological polar surface area (TPSA) is 87.5 Å². The zero-order valence-corrected chi connectivity index (χ0v) is 12.3. The normalized spacial score (nSPS) is 10.2. The van der Waals surface area contributed by atoms with Gasteiger partial charge in [-0.3, -0.25) is 4.79 Å². The summed E-state index contributed by atoms with van der Waals surface area (Å²) < 4.78 is 1.75. The van der Waals surface area contributed by atoms with Crippen molar-refractivity contribution in [2.45, 2.75) is 13.0 Å². The van der Waals surface area contributed by atoms with Gasteiger partial charge in [-0.2, -0.15) is 5.10 Å². The summed E-state index contributed by atoms with van der Waals surface area (Å²) in [6, 6.07) is 9.22. The number of benzene rings is 1. The lowest BCUT2D eigenvalue weighted by atomic mass is 10.2. The molecule has 0 unspecified atom stereocenters. The molecule has 2 rings (SSSR count). The van der Waals surface area contributed by atoms with Crippen molar-refractivity contribution in [3.8, 4) is 5.69 Å². The third-order valence-corrected chi connectivity index (χ3v) is 3.16. The Morgan fingerprint density at radius 3 is 2.64 bits per heavy atom. The molecule has 0 saturated carbocycles. The van der Waals surface area contributed by atoms with Crippen molar-refractivity contribution >= 4 is 12.0 Å². The zero-order valence-electron chi connectivity index (χ0n) is 12.3. The number of urea groups is 1. The van der Waals surface area contributed by atoms with Gasteiger partial charge in [0, 0.05) is 32.5 Å². The minimum atomic E-state index is -0.922. The van der Waals surface area contributed by atoms with Crippen LogP contribution in [0, 0.1) is 0 Å². The lowest BCUT2D eigenvalue weighted by Crippen LogP contribution is -2.37. The lowest BCUT2D eigenvalue weighted by molar-refractivity contribution is -0.137. The van der Waals surface area contributed by atoms with Gasteiger partial charge in [-0.25, -0.2) is 9.48 Å². The van der Waals surface area contributed by atoms with Crippen molar-refractivity contribution in [3.63, 3.8) is 0 Å². The second-order valence-corrected chi connectivity index (χ2v) is 4.84. The van der Waals surface area contributed by atoms with Gasteiger partial charge in [-0.1, -0.05) is 12.1 Å². The molecule has 0 radical (unpaired) electrons. The molecule has 0 spiro atoms. The number of carbonyl (C=O) groups is 2. The van der Waals surface area contributed by atoms with Crippen LogP contribution in [0.2, 0.25) is 0 Å². The molecule has 7 nitrogen and oxygen atoms in total. The van der Waals surface area contributed by atoms with Crippen LogP contribution in [0.1, 0.15) is 12.0 Å². The van der Waals surface area contributed by atoms with E-state index in [2.05, 4.69) is 10.4 Å². The molecule has 0 aliphatic rings. The summed E-state index contributed by atoms with van der Waals surface area (Å²) in [6.45, 7) is 0.565. The maximum absolute atomic E-state index is 11.8. The Kier molecular flexibility index (Phi) is 5.13. The molecule has 0 bridgehead atoms. The number of aromatic nitrogens is 2. The van der Waals surface area contributed by atoms with Crippen LogP contribution < -0.4 is 5.32 Å². The molecule has 22 heavy (non-hydrogen) atoms. The number of hydrogen-bond donors (Lipinski definition) is 2. The first-order valence-electron chi connectivity index (χ1n) is 6.86. The van der Waals surface area contributed by atoms with Gasteiger partial charge in [-0.05, 0) is 23.8 Å². The fraction of sp³-hybridized carbons (Fsp3) is 0.267. The van der Waals surface area contributed by atoms with Crippen LogP contribution in [-0.2, 0) is 11.3 Å². The van der Waals surface area contributed by atoms with Gasteiger partial charge < -0.3 is 15.3 Å². The van der Waals surface area contributed by atoms with E-state index in [-0.39, 0.29) is 19.0 Å². The number of rotatable bonds is 6. The average molecular weight is 302 g/mol. The maximum atomic E-state index is 11.8. The predicted molar refractivity (Wildman–Crippen MR) is 80.7 cm³/mol. The van der Waals surface area contributed by atoms with E-state index in [1.165, 1.54) is 4.90 Å². The van der Waals surface area contributed by atoms with Crippen LogP contribution in [-0.4, -0.2) is 45.4 Å². The third kappa shape index (κ3) is 4.34. The number of hydrogen-bond acceptors (Lipinski definition) is 3. The van der Waals surface area contributed by atoms with E-state index in [1.54, 1.807) is 17.9 Å². The first-order chi connectivity index (χ1) is 10.6. The van der Waals surface area contributed by atoms with Gasteiger partial charge in [0.05, 0.1) is 12.1 Å². The predicted octanol–water partition coefficient (Wildman–Crippen LogP) is 1.49. The van der Waals surface area contributed by atoms with Gasteiger partial charge in [0.25, 0.3) is 0 Å². The van der Waals surface area contributed by atoms with Gasteiger partial charge in [0.1, 0.15) is 0 Å². The van der Waals surface area contributed by atoms with E-state index in [4.69, 9.17) is 5.11 Å². The Morgan fingerprint density at radius 2 is 2.05 bits per heavy atom. The molecular formula is C15H18N4O3. The van der Waals surface area contributed by atoms with Gasteiger partial charge in [0.15, 0.2) is 0 Å². The standard InChI is InChI=1S/C15H18N4O3/c1-18(10-7-14(20)21)15(22)16-11-12-3-5-13(6-4-12)19-9-2-8-17-19/h2-6,8-9H,7,10-11H2,1H3,(H,16,22)(H,20,21). The van der Waals surface area contributed by atoms with E-state index < -0.39 is 5.97 Å². The maximum Gasteiger partial charge on any atom is 0.317 e. The monoisotopic (exact) mass is 302 g/mol. The quantitative estimate of drug-likeness (QED) is 0.846. The highest BCUT2D eigenvalue weighted by molar-refractivity contribution is 5.75. The van der Waals surface area contributed by atoms with Gasteiger partial charge in [-0.15, -0.1) is 0 Å². The first kappa shape index (κ1) is 15.6. The number of nitrogens with zero attached hydrogens (tertiary/aromatic N) is 3. The second-order valence-electron chi connectivity index (χ2n) is 4.84. The van der Waals surface area contributed by atoms with E-state index in [1.807, 2.05) is 36.5 Å². The molecule has 0 fully saturated rings. The summed E-state index contributed by atoms with van der Waals surface area (Å²) in [6.07, 6.45) is 3.50.